The minimum Gasteiger partial charge on any atom is -0.481 e. The van der Waals surface area contributed by atoms with Crippen LogP contribution in [0.25, 0.3) is 0 Å². The van der Waals surface area contributed by atoms with Crippen molar-refractivity contribution in [3.8, 4) is 0 Å². The number of hydrogen-bond acceptors (Lipinski definition) is 1. The van der Waals surface area contributed by atoms with E-state index in [0.717, 1.165) is 12.8 Å². The summed E-state index contributed by atoms with van der Waals surface area (Å²) in [6.07, 6.45) is -2.69. The molecule has 19 heavy (non-hydrogen) atoms. The molecule has 104 valence electrons. The fraction of sp³-hybridized carbons (Fsp3) is 0.500. The molecule has 0 atom stereocenters. The van der Waals surface area contributed by atoms with Crippen LogP contribution in [0.5, 0.6) is 0 Å². The van der Waals surface area contributed by atoms with E-state index < -0.39 is 24.0 Å². The highest BCUT2D eigenvalue weighted by molar-refractivity contribution is 5.81. The minimum absolute atomic E-state index is 0.123. The molecule has 1 aromatic rings. The van der Waals surface area contributed by atoms with Crippen LogP contribution in [0, 0.1) is 0 Å². The van der Waals surface area contributed by atoms with Crippen LogP contribution >= 0.6 is 0 Å². The molecule has 0 aromatic heterocycles. The van der Waals surface area contributed by atoms with E-state index >= 15 is 0 Å². The molecule has 2 rings (SSSR count). The van der Waals surface area contributed by atoms with Crippen LogP contribution in [0.3, 0.4) is 0 Å². The fourth-order valence-corrected chi connectivity index (χ4v) is 2.81. The zero-order valence-electron chi connectivity index (χ0n) is 10.3. The molecule has 1 aliphatic rings. The van der Waals surface area contributed by atoms with E-state index in [2.05, 4.69) is 0 Å². The zero-order valence-corrected chi connectivity index (χ0v) is 10.3. The van der Waals surface area contributed by atoms with Gasteiger partial charge in [0.05, 0.1) is 11.8 Å². The maximum Gasteiger partial charge on any atom is 0.393 e. The lowest BCUT2D eigenvalue weighted by Gasteiger charge is -2.25. The van der Waals surface area contributed by atoms with Crippen LogP contribution < -0.4 is 0 Å². The third-order valence-corrected chi connectivity index (χ3v) is 3.75. The average molecular weight is 272 g/mol. The van der Waals surface area contributed by atoms with Gasteiger partial charge in [0.15, 0.2) is 0 Å². The highest BCUT2D eigenvalue weighted by Gasteiger charge is 2.43. The van der Waals surface area contributed by atoms with E-state index in [1.54, 1.807) is 6.07 Å². The molecule has 1 aliphatic carbocycles. The second-order valence-electron chi connectivity index (χ2n) is 5.09. The third kappa shape index (κ3) is 2.91. The smallest absolute Gasteiger partial charge is 0.393 e. The molecule has 0 bridgehead atoms. The Balaban J connectivity index is 2.34. The lowest BCUT2D eigenvalue weighted by atomic mass is 9.78. The van der Waals surface area contributed by atoms with E-state index in [4.69, 9.17) is 0 Å². The fourth-order valence-electron chi connectivity index (χ4n) is 2.81. The molecule has 2 nitrogen and oxygen atoms in total. The van der Waals surface area contributed by atoms with Crippen molar-refractivity contribution >= 4 is 5.97 Å². The molecule has 1 N–H and O–H groups in total. The van der Waals surface area contributed by atoms with E-state index in [9.17, 15) is 23.1 Å². The summed E-state index contributed by atoms with van der Waals surface area (Å²) in [5.74, 6) is -0.936. The van der Waals surface area contributed by atoms with Crippen LogP contribution in [-0.2, 0) is 16.6 Å². The Bertz CT molecular complexity index is 474. The van der Waals surface area contributed by atoms with Crippen LogP contribution in [-0.4, -0.2) is 17.3 Å². The number of hydrogen-bond donors (Lipinski definition) is 1. The Morgan fingerprint density at radius 2 is 1.89 bits per heavy atom. The second-order valence-corrected chi connectivity index (χ2v) is 5.09. The lowest BCUT2D eigenvalue weighted by molar-refractivity contribution is -0.143. The summed E-state index contributed by atoms with van der Waals surface area (Å²) in [5.41, 5.74) is -0.376. The number of carbonyl (C=O) groups is 1. The second kappa shape index (κ2) is 4.87. The normalized spacial score (nSPS) is 18.5. The van der Waals surface area contributed by atoms with Crippen molar-refractivity contribution in [2.24, 2.45) is 0 Å². The summed E-state index contributed by atoms with van der Waals surface area (Å²) in [5, 5.41) is 9.42. The number of aliphatic carboxylic acids is 1. The molecule has 5 heteroatoms. The first-order chi connectivity index (χ1) is 8.83. The monoisotopic (exact) mass is 272 g/mol. The van der Waals surface area contributed by atoms with Crippen LogP contribution in [0.2, 0.25) is 0 Å². The Morgan fingerprint density at radius 3 is 2.42 bits per heavy atom. The van der Waals surface area contributed by atoms with E-state index in [1.807, 2.05) is 0 Å². The first-order valence-electron chi connectivity index (χ1n) is 6.23. The summed E-state index contributed by atoms with van der Waals surface area (Å²) in [7, 11) is 0. The Kier molecular flexibility index (Phi) is 3.56. The van der Waals surface area contributed by atoms with Crippen molar-refractivity contribution in [1.29, 1.82) is 0 Å². The van der Waals surface area contributed by atoms with Crippen molar-refractivity contribution in [3.05, 3.63) is 35.4 Å². The van der Waals surface area contributed by atoms with Gasteiger partial charge in [0.1, 0.15) is 0 Å². The first-order valence-corrected chi connectivity index (χ1v) is 6.23. The SMILES string of the molecule is O=C(O)C1(c2cccc(CC(F)(F)F)c2)CCCC1. The summed E-state index contributed by atoms with van der Waals surface area (Å²) in [4.78, 5) is 11.5. The van der Waals surface area contributed by atoms with Gasteiger partial charge in [0, 0.05) is 0 Å². The molecule has 0 saturated heterocycles. The van der Waals surface area contributed by atoms with E-state index in [-0.39, 0.29) is 5.56 Å². The van der Waals surface area contributed by atoms with Crippen LogP contribution in [0.4, 0.5) is 13.2 Å². The standard InChI is InChI=1S/C14H15F3O2/c15-14(16,17)9-10-4-3-5-11(8-10)13(12(18)19)6-1-2-7-13/h3-5,8H,1-2,6-7,9H2,(H,18,19). The van der Waals surface area contributed by atoms with Crippen molar-refractivity contribution in [2.45, 2.75) is 43.7 Å². The largest absolute Gasteiger partial charge is 0.481 e. The van der Waals surface area contributed by atoms with Gasteiger partial charge in [-0.05, 0) is 24.0 Å². The molecular formula is C14H15F3O2. The van der Waals surface area contributed by atoms with Gasteiger partial charge in [-0.15, -0.1) is 0 Å². The van der Waals surface area contributed by atoms with Gasteiger partial charge in [-0.3, -0.25) is 4.79 Å². The molecule has 1 aromatic carbocycles. The van der Waals surface area contributed by atoms with E-state index in [1.165, 1.54) is 18.2 Å². The molecule has 0 aliphatic heterocycles. The average Bonchev–Trinajstić information content (AvgIpc) is 2.77. The Labute approximate surface area is 109 Å². The molecule has 1 saturated carbocycles. The van der Waals surface area contributed by atoms with Gasteiger partial charge in [-0.25, -0.2) is 0 Å². The minimum atomic E-state index is -4.27. The van der Waals surface area contributed by atoms with Gasteiger partial charge >= 0.3 is 12.1 Å². The molecule has 0 heterocycles. The molecular weight excluding hydrogens is 257 g/mol. The molecule has 0 radical (unpaired) electrons. The quantitative estimate of drug-likeness (QED) is 0.911. The topological polar surface area (TPSA) is 37.3 Å². The molecule has 1 fully saturated rings. The number of benzene rings is 1. The van der Waals surface area contributed by atoms with Gasteiger partial charge < -0.3 is 5.11 Å². The van der Waals surface area contributed by atoms with E-state index in [0.29, 0.717) is 18.4 Å². The van der Waals surface area contributed by atoms with Gasteiger partial charge in [-0.1, -0.05) is 37.1 Å². The Hall–Kier alpha value is -1.52. The van der Waals surface area contributed by atoms with Crippen molar-refractivity contribution in [1.82, 2.24) is 0 Å². The number of carboxylic acid groups (broad SMARTS) is 1. The van der Waals surface area contributed by atoms with Crippen molar-refractivity contribution in [2.75, 3.05) is 0 Å². The van der Waals surface area contributed by atoms with Gasteiger partial charge in [0.25, 0.3) is 0 Å². The summed E-state index contributed by atoms with van der Waals surface area (Å²) in [6, 6.07) is 5.92. The highest BCUT2D eigenvalue weighted by atomic mass is 19.4. The zero-order chi connectivity index (χ0) is 14.1. The summed E-state index contributed by atoms with van der Waals surface area (Å²) >= 11 is 0. The molecule has 0 spiro atoms. The number of alkyl halides is 3. The number of carboxylic acids is 1. The first kappa shape index (κ1) is 13.9. The van der Waals surface area contributed by atoms with Gasteiger partial charge in [0.2, 0.25) is 0 Å². The molecule has 0 unspecified atom stereocenters. The van der Waals surface area contributed by atoms with Crippen LogP contribution in [0.15, 0.2) is 24.3 Å². The lowest BCUT2D eigenvalue weighted by Crippen LogP contribution is -2.32. The van der Waals surface area contributed by atoms with Crippen molar-refractivity contribution < 1.29 is 23.1 Å². The highest BCUT2D eigenvalue weighted by Crippen LogP contribution is 2.41. The maximum absolute atomic E-state index is 12.4. The van der Waals surface area contributed by atoms with Crippen molar-refractivity contribution in [3.63, 3.8) is 0 Å². The molecule has 0 amide bonds. The predicted molar refractivity (Wildman–Crippen MR) is 64.0 cm³/mol. The predicted octanol–water partition coefficient (Wildman–Crippen LogP) is 3.69. The number of rotatable bonds is 3. The summed E-state index contributed by atoms with van der Waals surface area (Å²) in [6.45, 7) is 0. The Morgan fingerprint density at radius 1 is 1.26 bits per heavy atom. The van der Waals surface area contributed by atoms with Gasteiger partial charge in [-0.2, -0.15) is 13.2 Å². The maximum atomic E-state index is 12.4. The third-order valence-electron chi connectivity index (χ3n) is 3.75. The van der Waals surface area contributed by atoms with Crippen LogP contribution in [0.1, 0.15) is 36.8 Å². The number of halogens is 3. The summed E-state index contributed by atoms with van der Waals surface area (Å²) < 4.78 is 37.2.